The Labute approximate surface area is 157 Å². The Hall–Kier alpha value is -0.960. The number of rotatable bonds is 6. The van der Waals surface area contributed by atoms with E-state index < -0.39 is 0 Å². The quantitative estimate of drug-likeness (QED) is 0.763. The maximum atomic E-state index is 12.7. The van der Waals surface area contributed by atoms with E-state index in [0.29, 0.717) is 18.8 Å². The summed E-state index contributed by atoms with van der Waals surface area (Å²) in [4.78, 5) is 15.2. The van der Waals surface area contributed by atoms with Crippen LogP contribution in [0.15, 0.2) is 10.7 Å². The standard InChI is InChI=1S/C17H27BrN4O3/c1-2-22-15(14(18)11-20-22)16(23)19-12-17(3-7-24-8-4-17)13-21-5-9-25-10-6-21/h11H,2-10,12-13H2,1H3,(H,19,23). The average molecular weight is 415 g/mol. The molecule has 3 rings (SSSR count). The van der Waals surface area contributed by atoms with E-state index in [9.17, 15) is 4.79 Å². The number of nitrogens with one attached hydrogen (secondary N) is 1. The summed E-state index contributed by atoms with van der Waals surface area (Å²) in [6, 6.07) is 0. The van der Waals surface area contributed by atoms with E-state index >= 15 is 0 Å². The van der Waals surface area contributed by atoms with Gasteiger partial charge in [0.1, 0.15) is 5.69 Å². The first-order chi connectivity index (χ1) is 12.1. The van der Waals surface area contributed by atoms with Crippen LogP contribution in [-0.2, 0) is 16.0 Å². The smallest absolute Gasteiger partial charge is 0.270 e. The number of aryl methyl sites for hydroxylation is 1. The van der Waals surface area contributed by atoms with Crippen molar-refractivity contribution in [2.24, 2.45) is 5.41 Å². The molecule has 2 aliphatic rings. The monoisotopic (exact) mass is 414 g/mol. The molecule has 0 aliphatic carbocycles. The molecule has 0 saturated carbocycles. The number of halogens is 1. The number of hydrogen-bond acceptors (Lipinski definition) is 5. The van der Waals surface area contributed by atoms with Gasteiger partial charge in [-0.3, -0.25) is 14.4 Å². The molecule has 0 unspecified atom stereocenters. The van der Waals surface area contributed by atoms with Crippen LogP contribution in [0.1, 0.15) is 30.3 Å². The number of carbonyl (C=O) groups excluding carboxylic acids is 1. The molecule has 2 aliphatic heterocycles. The van der Waals surface area contributed by atoms with Gasteiger partial charge in [-0.25, -0.2) is 0 Å². The zero-order valence-electron chi connectivity index (χ0n) is 14.8. The number of ether oxygens (including phenoxy) is 2. The van der Waals surface area contributed by atoms with Gasteiger partial charge in [-0.15, -0.1) is 0 Å². The zero-order chi connectivity index (χ0) is 17.7. The first-order valence-electron chi connectivity index (χ1n) is 9.01. The van der Waals surface area contributed by atoms with Crippen molar-refractivity contribution in [3.63, 3.8) is 0 Å². The molecule has 0 aromatic carbocycles. The van der Waals surface area contributed by atoms with E-state index in [1.165, 1.54) is 0 Å². The summed E-state index contributed by atoms with van der Waals surface area (Å²) in [5.74, 6) is -0.0703. The molecule has 2 saturated heterocycles. The Kier molecular flexibility index (Phi) is 6.49. The fraction of sp³-hybridized carbons (Fsp3) is 0.765. The number of aromatic nitrogens is 2. The van der Waals surface area contributed by atoms with Crippen molar-refractivity contribution in [2.45, 2.75) is 26.3 Å². The van der Waals surface area contributed by atoms with E-state index in [-0.39, 0.29) is 11.3 Å². The highest BCUT2D eigenvalue weighted by molar-refractivity contribution is 9.10. The van der Waals surface area contributed by atoms with Crippen molar-refractivity contribution < 1.29 is 14.3 Å². The van der Waals surface area contributed by atoms with Gasteiger partial charge in [0.2, 0.25) is 0 Å². The van der Waals surface area contributed by atoms with E-state index in [4.69, 9.17) is 9.47 Å². The molecule has 1 N–H and O–H groups in total. The molecule has 25 heavy (non-hydrogen) atoms. The predicted octanol–water partition coefficient (Wildman–Crippen LogP) is 1.52. The second-order valence-electron chi connectivity index (χ2n) is 6.84. The molecule has 2 fully saturated rings. The van der Waals surface area contributed by atoms with Gasteiger partial charge < -0.3 is 14.8 Å². The highest BCUT2D eigenvalue weighted by atomic mass is 79.9. The molecule has 140 valence electrons. The SMILES string of the molecule is CCn1ncc(Br)c1C(=O)NCC1(CN2CCOCC2)CCOCC1. The van der Waals surface area contributed by atoms with Crippen molar-refractivity contribution in [1.82, 2.24) is 20.0 Å². The molecular weight excluding hydrogens is 388 g/mol. The minimum absolute atomic E-state index is 0.0643. The lowest BCUT2D eigenvalue weighted by atomic mass is 9.79. The number of hydrogen-bond donors (Lipinski definition) is 1. The molecule has 0 spiro atoms. The summed E-state index contributed by atoms with van der Waals surface area (Å²) < 4.78 is 13.5. The highest BCUT2D eigenvalue weighted by Crippen LogP contribution is 2.31. The van der Waals surface area contributed by atoms with Gasteiger partial charge in [0.25, 0.3) is 5.91 Å². The summed E-state index contributed by atoms with van der Waals surface area (Å²) in [5, 5.41) is 7.39. The summed E-state index contributed by atoms with van der Waals surface area (Å²) in [5.41, 5.74) is 0.658. The van der Waals surface area contributed by atoms with Crippen molar-refractivity contribution in [2.75, 3.05) is 52.6 Å². The zero-order valence-corrected chi connectivity index (χ0v) is 16.4. The van der Waals surface area contributed by atoms with Gasteiger partial charge in [-0.1, -0.05) is 0 Å². The Morgan fingerprint density at radius 1 is 1.28 bits per heavy atom. The third kappa shape index (κ3) is 4.61. The number of nitrogens with zero attached hydrogens (tertiary/aromatic N) is 3. The van der Waals surface area contributed by atoms with Gasteiger partial charge in [0, 0.05) is 51.4 Å². The molecule has 1 aromatic heterocycles. The summed E-state index contributed by atoms with van der Waals surface area (Å²) in [6.07, 6.45) is 3.62. The van der Waals surface area contributed by atoms with Gasteiger partial charge in [0.15, 0.2) is 0 Å². The highest BCUT2D eigenvalue weighted by Gasteiger charge is 2.35. The normalized spacial score (nSPS) is 21.2. The Morgan fingerprint density at radius 3 is 2.64 bits per heavy atom. The van der Waals surface area contributed by atoms with Gasteiger partial charge in [0.05, 0.1) is 23.9 Å². The summed E-state index contributed by atoms with van der Waals surface area (Å²) >= 11 is 3.43. The minimum Gasteiger partial charge on any atom is -0.381 e. The van der Waals surface area contributed by atoms with Crippen molar-refractivity contribution in [3.05, 3.63) is 16.4 Å². The number of carbonyl (C=O) groups is 1. The lowest BCUT2D eigenvalue weighted by Gasteiger charge is -2.42. The average Bonchev–Trinajstić information content (AvgIpc) is 3.02. The first kappa shape index (κ1) is 18.8. The molecule has 1 amide bonds. The Morgan fingerprint density at radius 2 is 1.96 bits per heavy atom. The minimum atomic E-state index is -0.0703. The molecule has 7 nitrogen and oxygen atoms in total. The van der Waals surface area contributed by atoms with E-state index in [0.717, 1.165) is 63.4 Å². The predicted molar refractivity (Wildman–Crippen MR) is 97.7 cm³/mol. The van der Waals surface area contributed by atoms with Crippen LogP contribution in [0.4, 0.5) is 0 Å². The number of amides is 1. The topological polar surface area (TPSA) is 68.6 Å². The van der Waals surface area contributed by atoms with Crippen LogP contribution in [0.25, 0.3) is 0 Å². The molecule has 0 bridgehead atoms. The van der Waals surface area contributed by atoms with Crippen LogP contribution in [0.3, 0.4) is 0 Å². The van der Waals surface area contributed by atoms with Crippen molar-refractivity contribution in [3.8, 4) is 0 Å². The molecule has 1 aromatic rings. The fourth-order valence-corrected chi connectivity index (χ4v) is 4.08. The summed E-state index contributed by atoms with van der Waals surface area (Å²) in [6.45, 7) is 9.32. The second-order valence-corrected chi connectivity index (χ2v) is 7.69. The van der Waals surface area contributed by atoms with E-state index in [1.54, 1.807) is 10.9 Å². The molecule has 0 radical (unpaired) electrons. The van der Waals surface area contributed by atoms with Gasteiger partial charge in [-0.05, 0) is 35.7 Å². The summed E-state index contributed by atoms with van der Waals surface area (Å²) in [7, 11) is 0. The van der Waals surface area contributed by atoms with Crippen molar-refractivity contribution >= 4 is 21.8 Å². The van der Waals surface area contributed by atoms with Crippen LogP contribution in [-0.4, -0.2) is 73.2 Å². The second kappa shape index (κ2) is 8.62. The molecule has 3 heterocycles. The fourth-order valence-electron chi connectivity index (χ4n) is 3.61. The maximum Gasteiger partial charge on any atom is 0.270 e. The van der Waals surface area contributed by atoms with Crippen LogP contribution in [0, 0.1) is 5.41 Å². The van der Waals surface area contributed by atoms with Crippen molar-refractivity contribution in [1.29, 1.82) is 0 Å². The molecular formula is C17H27BrN4O3. The van der Waals surface area contributed by atoms with E-state index in [2.05, 4.69) is 31.2 Å². The third-order valence-electron chi connectivity index (χ3n) is 5.15. The maximum absolute atomic E-state index is 12.7. The van der Waals surface area contributed by atoms with Crippen LogP contribution in [0.5, 0.6) is 0 Å². The Bertz CT molecular complexity index is 580. The van der Waals surface area contributed by atoms with Gasteiger partial charge in [-0.2, -0.15) is 5.10 Å². The van der Waals surface area contributed by atoms with Gasteiger partial charge >= 0.3 is 0 Å². The van der Waals surface area contributed by atoms with Crippen LogP contribution < -0.4 is 5.32 Å². The number of morpholine rings is 1. The first-order valence-corrected chi connectivity index (χ1v) is 9.80. The third-order valence-corrected chi connectivity index (χ3v) is 5.73. The van der Waals surface area contributed by atoms with Crippen LogP contribution >= 0.6 is 15.9 Å². The lowest BCUT2D eigenvalue weighted by Crippen LogP contribution is -2.51. The van der Waals surface area contributed by atoms with Crippen LogP contribution in [0.2, 0.25) is 0 Å². The molecule has 8 heteroatoms. The molecule has 0 atom stereocenters. The lowest BCUT2D eigenvalue weighted by molar-refractivity contribution is -0.0283. The Balaban J connectivity index is 1.65. The van der Waals surface area contributed by atoms with E-state index in [1.807, 2.05) is 6.92 Å². The largest absolute Gasteiger partial charge is 0.381 e.